The average molecular weight is 329 g/mol. The summed E-state index contributed by atoms with van der Waals surface area (Å²) in [5, 5.41) is 14.7. The Kier molecular flexibility index (Phi) is 3.79. The number of ether oxygens (including phenoxy) is 1. The van der Waals surface area contributed by atoms with E-state index in [1.165, 1.54) is 6.42 Å². The van der Waals surface area contributed by atoms with Crippen LogP contribution in [0.2, 0.25) is 0 Å². The second kappa shape index (κ2) is 6.10. The lowest BCUT2D eigenvalue weighted by atomic mass is 9.97. The fraction of sp³-hybridized carbons (Fsp3) is 0.500. The minimum atomic E-state index is -0.526. The summed E-state index contributed by atoms with van der Waals surface area (Å²) in [6.45, 7) is 1.82. The van der Waals surface area contributed by atoms with Crippen LogP contribution in [-0.2, 0) is 9.53 Å². The highest BCUT2D eigenvalue weighted by molar-refractivity contribution is 5.92. The summed E-state index contributed by atoms with van der Waals surface area (Å²) in [6.07, 6.45) is 6.82. The van der Waals surface area contributed by atoms with Crippen LogP contribution in [0, 0.1) is 0 Å². The van der Waals surface area contributed by atoms with Gasteiger partial charge < -0.3 is 14.5 Å². The van der Waals surface area contributed by atoms with Crippen LogP contribution in [0.3, 0.4) is 0 Å². The maximum absolute atomic E-state index is 12.9. The summed E-state index contributed by atoms with van der Waals surface area (Å²) in [4.78, 5) is 12.9. The van der Waals surface area contributed by atoms with E-state index in [9.17, 15) is 4.79 Å². The van der Waals surface area contributed by atoms with Gasteiger partial charge in [0.1, 0.15) is 17.9 Å². The molecule has 2 aromatic heterocycles. The van der Waals surface area contributed by atoms with Crippen LogP contribution in [0.5, 0.6) is 0 Å². The first kappa shape index (κ1) is 14.9. The van der Waals surface area contributed by atoms with E-state index in [0.717, 1.165) is 25.7 Å². The molecular formula is C16H19N5O3. The van der Waals surface area contributed by atoms with Crippen molar-refractivity contribution >= 4 is 11.9 Å². The Hall–Kier alpha value is -2.64. The summed E-state index contributed by atoms with van der Waals surface area (Å²) >= 11 is 0. The molecule has 0 bridgehead atoms. The number of anilines is 1. The zero-order valence-corrected chi connectivity index (χ0v) is 13.4. The van der Waals surface area contributed by atoms with Crippen molar-refractivity contribution in [1.82, 2.24) is 20.2 Å². The third kappa shape index (κ3) is 2.57. The van der Waals surface area contributed by atoms with E-state index in [4.69, 9.17) is 9.15 Å². The van der Waals surface area contributed by atoms with Crippen molar-refractivity contribution in [1.29, 1.82) is 0 Å². The van der Waals surface area contributed by atoms with Gasteiger partial charge in [0.05, 0.1) is 11.8 Å². The van der Waals surface area contributed by atoms with E-state index in [1.807, 2.05) is 13.0 Å². The van der Waals surface area contributed by atoms with Crippen LogP contribution in [-0.4, -0.2) is 32.3 Å². The Morgan fingerprint density at radius 2 is 2.21 bits per heavy atom. The normalized spacial score (nSPS) is 21.3. The molecule has 3 heterocycles. The van der Waals surface area contributed by atoms with Crippen LogP contribution in [0.4, 0.5) is 5.95 Å². The van der Waals surface area contributed by atoms with Crippen molar-refractivity contribution in [3.8, 4) is 0 Å². The molecule has 2 aromatic rings. The Labute approximate surface area is 138 Å². The zero-order valence-electron chi connectivity index (χ0n) is 13.4. The number of rotatable bonds is 3. The summed E-state index contributed by atoms with van der Waals surface area (Å²) in [7, 11) is 0. The molecule has 0 saturated heterocycles. The highest BCUT2D eigenvalue weighted by Crippen LogP contribution is 2.35. The van der Waals surface area contributed by atoms with E-state index < -0.39 is 6.04 Å². The van der Waals surface area contributed by atoms with Crippen LogP contribution in [0.15, 0.2) is 34.1 Å². The fourth-order valence-electron chi connectivity index (χ4n) is 3.38. The molecule has 4 rings (SSSR count). The van der Waals surface area contributed by atoms with Crippen LogP contribution >= 0.6 is 0 Å². The molecule has 8 heteroatoms. The molecule has 126 valence electrons. The lowest BCUT2D eigenvalue weighted by molar-refractivity contribution is -0.146. The highest BCUT2D eigenvalue weighted by Gasteiger charge is 2.37. The van der Waals surface area contributed by atoms with E-state index >= 15 is 0 Å². The molecule has 2 aliphatic rings. The molecule has 1 aliphatic carbocycles. The number of tetrazole rings is 1. The summed E-state index contributed by atoms with van der Waals surface area (Å²) in [5.74, 6) is 0.734. The Morgan fingerprint density at radius 3 is 2.96 bits per heavy atom. The first-order valence-corrected chi connectivity index (χ1v) is 8.24. The van der Waals surface area contributed by atoms with Gasteiger partial charge in [-0.3, -0.25) is 0 Å². The topological polar surface area (TPSA) is 95.1 Å². The number of furan rings is 1. The van der Waals surface area contributed by atoms with Crippen molar-refractivity contribution in [2.75, 3.05) is 5.32 Å². The lowest BCUT2D eigenvalue weighted by Crippen LogP contribution is -2.31. The van der Waals surface area contributed by atoms with Gasteiger partial charge in [-0.2, -0.15) is 4.68 Å². The quantitative estimate of drug-likeness (QED) is 0.864. The second-order valence-electron chi connectivity index (χ2n) is 6.19. The van der Waals surface area contributed by atoms with Gasteiger partial charge in [-0.1, -0.05) is 11.5 Å². The second-order valence-corrected chi connectivity index (χ2v) is 6.19. The summed E-state index contributed by atoms with van der Waals surface area (Å²) < 4.78 is 12.8. The number of carbonyl (C=O) groups excluding carboxylic acids is 1. The molecular weight excluding hydrogens is 310 g/mol. The lowest BCUT2D eigenvalue weighted by Gasteiger charge is -2.28. The molecule has 24 heavy (non-hydrogen) atoms. The number of nitrogens with zero attached hydrogens (tertiary/aromatic N) is 4. The molecule has 1 fully saturated rings. The van der Waals surface area contributed by atoms with Gasteiger partial charge in [0.25, 0.3) is 0 Å². The molecule has 1 N–H and O–H groups in total. The Balaban J connectivity index is 1.67. The Bertz CT molecular complexity index is 759. The third-order valence-corrected chi connectivity index (χ3v) is 4.57. The first-order chi connectivity index (χ1) is 11.7. The molecule has 0 radical (unpaired) electrons. The highest BCUT2D eigenvalue weighted by atomic mass is 16.5. The minimum Gasteiger partial charge on any atom is -0.467 e. The standard InChI is InChI=1S/C16H19N5O3/c1-10-13(15(22)24-11-6-3-2-4-7-11)14(12-8-5-9-23-12)21-16(17-10)18-19-20-21/h5,8-9,11,14H,2-4,6-7H2,1H3,(H,17,18,20). The molecule has 0 amide bonds. The number of esters is 1. The van der Waals surface area contributed by atoms with E-state index in [1.54, 1.807) is 17.0 Å². The van der Waals surface area contributed by atoms with Gasteiger partial charge in [-0.15, -0.1) is 0 Å². The number of hydrogen-bond acceptors (Lipinski definition) is 7. The van der Waals surface area contributed by atoms with Gasteiger partial charge in [0.15, 0.2) is 0 Å². The Morgan fingerprint density at radius 1 is 1.38 bits per heavy atom. The van der Waals surface area contributed by atoms with Gasteiger partial charge in [0, 0.05) is 5.70 Å². The predicted octanol–water partition coefficient (Wildman–Crippen LogP) is 2.43. The van der Waals surface area contributed by atoms with Gasteiger partial charge in [-0.05, 0) is 55.2 Å². The first-order valence-electron chi connectivity index (χ1n) is 8.24. The summed E-state index contributed by atoms with van der Waals surface area (Å²) in [6, 6.07) is 3.06. The van der Waals surface area contributed by atoms with Crippen molar-refractivity contribution < 1.29 is 13.9 Å². The number of aromatic nitrogens is 4. The van der Waals surface area contributed by atoms with Crippen LogP contribution < -0.4 is 5.32 Å². The van der Waals surface area contributed by atoms with E-state index in [2.05, 4.69) is 20.8 Å². The van der Waals surface area contributed by atoms with Crippen LogP contribution in [0.25, 0.3) is 0 Å². The maximum Gasteiger partial charge on any atom is 0.338 e. The molecule has 1 atom stereocenters. The average Bonchev–Trinajstić information content (AvgIpc) is 3.25. The monoisotopic (exact) mass is 329 g/mol. The largest absolute Gasteiger partial charge is 0.467 e. The van der Waals surface area contributed by atoms with Crippen molar-refractivity contribution in [3.05, 3.63) is 35.4 Å². The van der Waals surface area contributed by atoms with Crippen molar-refractivity contribution in [2.45, 2.75) is 51.2 Å². The van der Waals surface area contributed by atoms with Gasteiger partial charge in [-0.25, -0.2) is 4.79 Å². The van der Waals surface area contributed by atoms with Crippen molar-refractivity contribution in [2.24, 2.45) is 0 Å². The molecule has 0 aromatic carbocycles. The molecule has 1 saturated carbocycles. The zero-order chi connectivity index (χ0) is 16.5. The van der Waals surface area contributed by atoms with Crippen molar-refractivity contribution in [3.63, 3.8) is 0 Å². The third-order valence-electron chi connectivity index (χ3n) is 4.57. The fourth-order valence-corrected chi connectivity index (χ4v) is 3.38. The number of nitrogens with one attached hydrogen (secondary N) is 1. The smallest absolute Gasteiger partial charge is 0.338 e. The maximum atomic E-state index is 12.9. The number of allylic oxidation sites excluding steroid dienone is 1. The molecule has 1 aliphatic heterocycles. The SMILES string of the molecule is CC1=C(C(=O)OC2CCCCC2)C(c2ccco2)n2nnnc2N1. The van der Waals surface area contributed by atoms with Crippen LogP contribution in [0.1, 0.15) is 50.8 Å². The van der Waals surface area contributed by atoms with E-state index in [-0.39, 0.29) is 12.1 Å². The number of carbonyl (C=O) groups is 1. The molecule has 1 unspecified atom stereocenters. The van der Waals surface area contributed by atoms with E-state index in [0.29, 0.717) is 23.0 Å². The summed E-state index contributed by atoms with van der Waals surface area (Å²) in [5.41, 5.74) is 1.16. The number of fused-ring (bicyclic) bond motifs is 1. The number of hydrogen-bond donors (Lipinski definition) is 1. The van der Waals surface area contributed by atoms with Gasteiger partial charge in [0.2, 0.25) is 5.95 Å². The molecule has 0 spiro atoms. The minimum absolute atomic E-state index is 0.0148. The van der Waals surface area contributed by atoms with Gasteiger partial charge >= 0.3 is 5.97 Å². The predicted molar refractivity (Wildman–Crippen MR) is 84.0 cm³/mol. The molecule has 8 nitrogen and oxygen atoms in total.